The second-order valence-electron chi connectivity index (χ2n) is 12.4. The fraction of sp³-hybridized carbons (Fsp3) is 0.548. The van der Waals surface area contributed by atoms with Gasteiger partial charge < -0.3 is 52.3 Å². The fourth-order valence-corrected chi connectivity index (χ4v) is 4.87. The number of carboxylic acids is 2. The summed E-state index contributed by atoms with van der Waals surface area (Å²) in [5.74, 6) is -10.7. The minimum atomic E-state index is -1.83. The van der Waals surface area contributed by atoms with E-state index in [1.165, 1.54) is 38.1 Å². The molecule has 1 fully saturated rings. The van der Waals surface area contributed by atoms with Gasteiger partial charge in [0.15, 0.2) is 0 Å². The average molecular weight is 693 g/mol. The maximum atomic E-state index is 13.7. The van der Waals surface area contributed by atoms with E-state index in [1.54, 1.807) is 13.8 Å². The van der Waals surface area contributed by atoms with Gasteiger partial charge in [0.25, 0.3) is 0 Å². The van der Waals surface area contributed by atoms with Crippen molar-refractivity contribution in [3.8, 4) is 5.75 Å². The standard InChI is InChI=1S/C31H44N6O12/c1-13(2)23-29(47)33-19(11-21(40)41)27(45)36-24(14(3)4)30(48)34-20(12-22(42)43)28(46)37-25(15(5)38)31(49)32-18(26(44)35-23)10-16-6-8-17(39)9-7-16/h6-9,13-15,18-20,23-25,38-39H,10-12H2,1-5H3,(H,32,49)(H,33,47)(H,34,48)(H,35,44)(H,36,45)(H,37,46)(H,40,41)(H,42,43)/t15-,18+,19+,20+,23+,24+,25+/m1/s1. The molecule has 7 atom stereocenters. The summed E-state index contributed by atoms with van der Waals surface area (Å²) in [4.78, 5) is 104. The number of nitrogens with one attached hydrogen (secondary N) is 6. The Labute approximate surface area is 281 Å². The number of aliphatic carboxylic acids is 2. The van der Waals surface area contributed by atoms with Crippen LogP contribution in [0.25, 0.3) is 0 Å². The second-order valence-corrected chi connectivity index (χ2v) is 12.4. The molecule has 270 valence electrons. The number of phenolic OH excluding ortho intramolecular Hbond substituents is 1. The molecule has 1 aromatic rings. The molecule has 0 spiro atoms. The number of benzene rings is 1. The molecule has 10 N–H and O–H groups in total. The molecule has 18 nitrogen and oxygen atoms in total. The SMILES string of the molecule is CC(C)[C@@H]1NC(=O)[C@H](Cc2ccc(O)cc2)NC(=O)[C@H]([C@@H](C)O)NC(=O)[C@H](CC(=O)O)NC(=O)[C@H](C(C)C)NC(=O)[C@H](CC(=O)O)NC1=O. The van der Waals surface area contributed by atoms with Crippen LogP contribution in [0.3, 0.4) is 0 Å². The first-order chi connectivity index (χ1) is 22.8. The summed E-state index contributed by atoms with van der Waals surface area (Å²) in [5.41, 5.74) is 0.436. The third-order valence-corrected chi connectivity index (χ3v) is 7.59. The highest BCUT2D eigenvalue weighted by atomic mass is 16.4. The number of aliphatic hydroxyl groups excluding tert-OH is 1. The van der Waals surface area contributed by atoms with Crippen molar-refractivity contribution < 1.29 is 58.8 Å². The van der Waals surface area contributed by atoms with E-state index in [-0.39, 0.29) is 12.2 Å². The number of aromatic hydroxyl groups is 1. The number of aliphatic hydroxyl groups is 1. The molecule has 18 heteroatoms. The van der Waals surface area contributed by atoms with E-state index in [0.29, 0.717) is 5.56 Å². The van der Waals surface area contributed by atoms with Crippen LogP contribution in [0.5, 0.6) is 5.75 Å². The molecule has 0 aliphatic carbocycles. The van der Waals surface area contributed by atoms with Gasteiger partial charge in [0.2, 0.25) is 35.4 Å². The summed E-state index contributed by atoms with van der Waals surface area (Å²) in [6.45, 7) is 7.26. The van der Waals surface area contributed by atoms with Crippen LogP contribution < -0.4 is 31.9 Å². The molecule has 1 heterocycles. The van der Waals surface area contributed by atoms with Crippen LogP contribution >= 0.6 is 0 Å². The lowest BCUT2D eigenvalue weighted by Crippen LogP contribution is -2.64. The molecular formula is C31H44N6O12. The van der Waals surface area contributed by atoms with Gasteiger partial charge >= 0.3 is 11.9 Å². The Morgan fingerprint density at radius 3 is 1.29 bits per heavy atom. The molecule has 1 aliphatic rings. The third-order valence-electron chi connectivity index (χ3n) is 7.59. The highest BCUT2D eigenvalue weighted by Gasteiger charge is 2.38. The average Bonchev–Trinajstić information content (AvgIpc) is 2.99. The van der Waals surface area contributed by atoms with Crippen molar-refractivity contribution in [2.24, 2.45) is 11.8 Å². The molecule has 0 saturated carbocycles. The molecule has 0 radical (unpaired) electrons. The molecular weight excluding hydrogens is 648 g/mol. The second kappa shape index (κ2) is 17.8. The number of amides is 6. The molecule has 1 saturated heterocycles. The molecule has 1 aliphatic heterocycles. The van der Waals surface area contributed by atoms with E-state index in [0.717, 1.165) is 6.92 Å². The maximum Gasteiger partial charge on any atom is 0.305 e. The molecule has 0 bridgehead atoms. The Kier molecular flexibility index (Phi) is 14.5. The van der Waals surface area contributed by atoms with E-state index in [4.69, 9.17) is 0 Å². The quantitative estimate of drug-likeness (QED) is 0.129. The van der Waals surface area contributed by atoms with Crippen molar-refractivity contribution in [2.75, 3.05) is 0 Å². The molecule has 0 aromatic heterocycles. The van der Waals surface area contributed by atoms with Crippen LogP contribution in [0.4, 0.5) is 0 Å². The Bertz CT molecular complexity index is 1390. The van der Waals surface area contributed by atoms with Crippen molar-refractivity contribution in [3.05, 3.63) is 29.8 Å². The number of rotatable bonds is 9. The first-order valence-electron chi connectivity index (χ1n) is 15.5. The molecule has 2 rings (SSSR count). The van der Waals surface area contributed by atoms with E-state index >= 15 is 0 Å². The van der Waals surface area contributed by atoms with Crippen LogP contribution in [0.2, 0.25) is 0 Å². The summed E-state index contributed by atoms with van der Waals surface area (Å²) in [6.07, 6.45) is -3.72. The number of hydrogen-bond donors (Lipinski definition) is 10. The van der Waals surface area contributed by atoms with Gasteiger partial charge in [0.1, 0.15) is 42.0 Å². The highest BCUT2D eigenvalue weighted by molar-refractivity contribution is 5.99. The Balaban J connectivity index is 2.67. The zero-order chi connectivity index (χ0) is 37.2. The van der Waals surface area contributed by atoms with Gasteiger partial charge in [-0.2, -0.15) is 0 Å². The predicted molar refractivity (Wildman–Crippen MR) is 169 cm³/mol. The molecule has 6 amide bonds. The largest absolute Gasteiger partial charge is 0.508 e. The van der Waals surface area contributed by atoms with Gasteiger partial charge in [-0.15, -0.1) is 0 Å². The van der Waals surface area contributed by atoms with E-state index < -0.39 is 114 Å². The summed E-state index contributed by atoms with van der Waals surface area (Å²) in [6, 6.07) is -4.06. The topological polar surface area (TPSA) is 290 Å². The lowest BCUT2D eigenvalue weighted by molar-refractivity contribution is -0.142. The van der Waals surface area contributed by atoms with Crippen LogP contribution in [-0.4, -0.2) is 110 Å². The van der Waals surface area contributed by atoms with Crippen LogP contribution in [0.15, 0.2) is 24.3 Å². The molecule has 0 unspecified atom stereocenters. The smallest absolute Gasteiger partial charge is 0.305 e. The van der Waals surface area contributed by atoms with E-state index in [1.807, 2.05) is 0 Å². The lowest BCUT2D eigenvalue weighted by atomic mass is 9.99. The lowest BCUT2D eigenvalue weighted by Gasteiger charge is -2.30. The summed E-state index contributed by atoms with van der Waals surface area (Å²) in [7, 11) is 0. The van der Waals surface area contributed by atoms with Gasteiger partial charge in [-0.3, -0.25) is 38.4 Å². The van der Waals surface area contributed by atoms with Crippen LogP contribution in [0.1, 0.15) is 53.0 Å². The van der Waals surface area contributed by atoms with Crippen molar-refractivity contribution in [1.29, 1.82) is 0 Å². The van der Waals surface area contributed by atoms with Gasteiger partial charge in [-0.25, -0.2) is 0 Å². The number of carboxylic acid groups (broad SMARTS) is 2. The first kappa shape index (κ1) is 39.9. The molecule has 1 aromatic carbocycles. The number of hydrogen-bond acceptors (Lipinski definition) is 10. The zero-order valence-electron chi connectivity index (χ0n) is 27.7. The van der Waals surface area contributed by atoms with Crippen molar-refractivity contribution >= 4 is 47.4 Å². The van der Waals surface area contributed by atoms with E-state index in [9.17, 15) is 58.8 Å². The zero-order valence-corrected chi connectivity index (χ0v) is 27.7. The minimum Gasteiger partial charge on any atom is -0.508 e. The summed E-state index contributed by atoms with van der Waals surface area (Å²) < 4.78 is 0. The number of carbonyl (C=O) groups excluding carboxylic acids is 6. The highest BCUT2D eigenvalue weighted by Crippen LogP contribution is 2.14. The maximum absolute atomic E-state index is 13.7. The predicted octanol–water partition coefficient (Wildman–Crippen LogP) is -2.50. The number of carbonyl (C=O) groups is 8. The molecule has 49 heavy (non-hydrogen) atoms. The van der Waals surface area contributed by atoms with Gasteiger partial charge in [0.05, 0.1) is 18.9 Å². The Hall–Kier alpha value is -5.26. The number of phenols is 1. The van der Waals surface area contributed by atoms with Gasteiger partial charge in [-0.05, 0) is 36.5 Å². The monoisotopic (exact) mass is 692 g/mol. The third kappa shape index (κ3) is 12.0. The minimum absolute atomic E-state index is 0.0851. The van der Waals surface area contributed by atoms with Crippen LogP contribution in [-0.2, 0) is 44.8 Å². The van der Waals surface area contributed by atoms with Crippen molar-refractivity contribution in [2.45, 2.75) is 96.2 Å². The Morgan fingerprint density at radius 2 is 0.918 bits per heavy atom. The summed E-state index contributed by atoms with van der Waals surface area (Å²) in [5, 5.41) is 53.1. The van der Waals surface area contributed by atoms with E-state index in [2.05, 4.69) is 31.9 Å². The first-order valence-corrected chi connectivity index (χ1v) is 15.5. The van der Waals surface area contributed by atoms with Gasteiger partial charge in [-0.1, -0.05) is 39.8 Å². The fourth-order valence-electron chi connectivity index (χ4n) is 4.87. The van der Waals surface area contributed by atoms with Crippen molar-refractivity contribution in [3.63, 3.8) is 0 Å². The Morgan fingerprint density at radius 1 is 0.571 bits per heavy atom. The summed E-state index contributed by atoms with van der Waals surface area (Å²) >= 11 is 0. The van der Waals surface area contributed by atoms with Crippen molar-refractivity contribution in [1.82, 2.24) is 31.9 Å². The normalized spacial score (nSPS) is 25.5. The van der Waals surface area contributed by atoms with Crippen LogP contribution in [0, 0.1) is 11.8 Å². The van der Waals surface area contributed by atoms with Gasteiger partial charge in [0, 0.05) is 6.42 Å².